The van der Waals surface area contributed by atoms with Crippen molar-refractivity contribution in [2.75, 3.05) is 0 Å². The van der Waals surface area contributed by atoms with Gasteiger partial charge < -0.3 is 10.2 Å². The van der Waals surface area contributed by atoms with Crippen molar-refractivity contribution in [2.24, 2.45) is 0 Å². The van der Waals surface area contributed by atoms with E-state index in [1.807, 2.05) is 54.6 Å². The molecule has 1 atom stereocenters. The van der Waals surface area contributed by atoms with E-state index in [2.05, 4.69) is 22.5 Å². The second-order valence-electron chi connectivity index (χ2n) is 8.84. The van der Waals surface area contributed by atoms with Gasteiger partial charge in [0.15, 0.2) is 0 Å². The lowest BCUT2D eigenvalue weighted by atomic mass is 10.0. The molecule has 0 spiro atoms. The van der Waals surface area contributed by atoms with Crippen molar-refractivity contribution in [3.8, 4) is 23.0 Å². The number of carbonyl (C=O) groups is 4. The summed E-state index contributed by atoms with van der Waals surface area (Å²) in [6.45, 7) is -0.182. The molecule has 0 bridgehead atoms. The third kappa shape index (κ3) is 4.98. The Hall–Kier alpha value is -4.77. The minimum Gasteiger partial charge on any atom is -0.341 e. The second-order valence-corrected chi connectivity index (χ2v) is 8.84. The average molecular weight is 496 g/mol. The van der Waals surface area contributed by atoms with Gasteiger partial charge >= 0.3 is 0 Å². The van der Waals surface area contributed by atoms with E-state index in [-0.39, 0.29) is 48.5 Å². The number of hydrogen-bond donors (Lipinski definition) is 2. The molecule has 0 aromatic heterocycles. The molecule has 4 amide bonds. The first-order valence-corrected chi connectivity index (χ1v) is 11.8. The van der Waals surface area contributed by atoms with E-state index in [4.69, 9.17) is 0 Å². The molecular formula is C29H22FN3O4. The second kappa shape index (κ2) is 10.1. The van der Waals surface area contributed by atoms with E-state index in [1.165, 1.54) is 17.0 Å². The van der Waals surface area contributed by atoms with Crippen LogP contribution in [0.5, 0.6) is 0 Å². The quantitative estimate of drug-likeness (QED) is 0.430. The number of hydrogen-bond acceptors (Lipinski definition) is 4. The van der Waals surface area contributed by atoms with Gasteiger partial charge in [-0.05, 0) is 35.7 Å². The third-order valence-electron chi connectivity index (χ3n) is 6.48. The van der Waals surface area contributed by atoms with Crippen molar-refractivity contribution in [3.63, 3.8) is 0 Å². The molecule has 2 aliphatic rings. The zero-order valence-corrected chi connectivity index (χ0v) is 19.7. The van der Waals surface area contributed by atoms with Crippen LogP contribution in [-0.4, -0.2) is 34.6 Å². The van der Waals surface area contributed by atoms with Gasteiger partial charge in [-0.25, -0.2) is 4.39 Å². The molecule has 1 fully saturated rings. The van der Waals surface area contributed by atoms with Gasteiger partial charge in [-0.2, -0.15) is 0 Å². The molecule has 5 rings (SSSR count). The molecule has 8 heteroatoms. The van der Waals surface area contributed by atoms with E-state index in [0.717, 1.165) is 11.1 Å². The summed E-state index contributed by atoms with van der Waals surface area (Å²) < 4.78 is 15.2. The SMILES string of the molecule is O=C(C#Cc1ccc(-c2ccccc2)cc1)NCc1ccc2c(c1F)CN(C1CCC(=O)NC1=O)C2=O. The van der Waals surface area contributed by atoms with Gasteiger partial charge in [0.2, 0.25) is 11.8 Å². The number of rotatable bonds is 4. The lowest BCUT2D eigenvalue weighted by molar-refractivity contribution is -0.137. The highest BCUT2D eigenvalue weighted by molar-refractivity contribution is 6.05. The summed E-state index contributed by atoms with van der Waals surface area (Å²) in [6, 6.07) is 19.5. The fourth-order valence-corrected chi connectivity index (χ4v) is 4.51. The Bertz CT molecular complexity index is 1470. The molecule has 3 aromatic rings. The van der Waals surface area contributed by atoms with Crippen LogP contribution in [-0.2, 0) is 27.5 Å². The number of fused-ring (bicyclic) bond motifs is 1. The highest BCUT2D eigenvalue weighted by Gasteiger charge is 2.40. The Kier molecular flexibility index (Phi) is 6.52. The number of benzene rings is 3. The van der Waals surface area contributed by atoms with Gasteiger partial charge in [-0.3, -0.25) is 24.5 Å². The molecule has 184 valence electrons. The molecule has 0 saturated carbocycles. The predicted molar refractivity (Wildman–Crippen MR) is 133 cm³/mol. The number of imide groups is 1. The van der Waals surface area contributed by atoms with Crippen molar-refractivity contribution in [1.29, 1.82) is 0 Å². The molecule has 2 N–H and O–H groups in total. The number of halogens is 1. The summed E-state index contributed by atoms with van der Waals surface area (Å²) >= 11 is 0. The Morgan fingerprint density at radius 2 is 1.73 bits per heavy atom. The highest BCUT2D eigenvalue weighted by Crippen LogP contribution is 2.30. The Balaban J connectivity index is 1.22. The maximum Gasteiger partial charge on any atom is 0.296 e. The van der Waals surface area contributed by atoms with Gasteiger partial charge in [-0.1, -0.05) is 54.5 Å². The fourth-order valence-electron chi connectivity index (χ4n) is 4.51. The Morgan fingerprint density at radius 1 is 1.00 bits per heavy atom. The first kappa shape index (κ1) is 23.9. The van der Waals surface area contributed by atoms with E-state index >= 15 is 4.39 Å². The fraction of sp³-hybridized carbons (Fsp3) is 0.172. The van der Waals surface area contributed by atoms with Crippen molar-refractivity contribution in [3.05, 3.63) is 94.8 Å². The maximum atomic E-state index is 15.2. The normalized spacial score (nSPS) is 16.5. The monoisotopic (exact) mass is 495 g/mol. The zero-order valence-electron chi connectivity index (χ0n) is 19.7. The van der Waals surface area contributed by atoms with Gasteiger partial charge in [0.05, 0.1) is 6.54 Å². The van der Waals surface area contributed by atoms with Crippen LogP contribution in [0.2, 0.25) is 0 Å². The first-order valence-electron chi connectivity index (χ1n) is 11.8. The lowest BCUT2D eigenvalue weighted by Crippen LogP contribution is -2.52. The standard InChI is InChI=1S/C29H22FN3O4/c30-27-21(11-12-22-23(27)17-33(29(22)37)24-13-15-26(35)32-28(24)36)16-31-25(34)14-8-18-6-9-20(10-7-18)19-4-2-1-3-5-19/h1-7,9-12,24H,13,15-17H2,(H,31,34)(H,32,35,36). The zero-order chi connectivity index (χ0) is 25.9. The Labute approximate surface area is 212 Å². The van der Waals surface area contributed by atoms with Crippen molar-refractivity contribution in [2.45, 2.75) is 32.0 Å². The molecule has 1 unspecified atom stereocenters. The Morgan fingerprint density at radius 3 is 2.46 bits per heavy atom. The molecule has 2 aliphatic heterocycles. The molecule has 7 nitrogen and oxygen atoms in total. The van der Waals surface area contributed by atoms with Crippen LogP contribution in [0, 0.1) is 17.7 Å². The summed E-state index contributed by atoms with van der Waals surface area (Å²) in [5.74, 6) is 2.74. The molecule has 3 aromatic carbocycles. The third-order valence-corrected chi connectivity index (χ3v) is 6.48. The largest absolute Gasteiger partial charge is 0.341 e. The van der Waals surface area contributed by atoms with Gasteiger partial charge in [0, 0.05) is 41.1 Å². The molecule has 0 aliphatic carbocycles. The molecule has 2 heterocycles. The van der Waals surface area contributed by atoms with Crippen LogP contribution in [0.3, 0.4) is 0 Å². The smallest absolute Gasteiger partial charge is 0.296 e. The van der Waals surface area contributed by atoms with Crippen LogP contribution < -0.4 is 10.6 Å². The van der Waals surface area contributed by atoms with E-state index in [1.54, 1.807) is 0 Å². The summed E-state index contributed by atoms with van der Waals surface area (Å²) in [4.78, 5) is 49.9. The number of amides is 4. The van der Waals surface area contributed by atoms with Crippen molar-refractivity contribution < 1.29 is 23.6 Å². The van der Waals surface area contributed by atoms with E-state index in [9.17, 15) is 19.2 Å². The van der Waals surface area contributed by atoms with Gasteiger partial charge in [0.1, 0.15) is 11.9 Å². The number of carbonyl (C=O) groups excluding carboxylic acids is 4. The predicted octanol–water partition coefficient (Wildman–Crippen LogP) is 2.92. The average Bonchev–Trinajstić information content (AvgIpc) is 3.24. The highest BCUT2D eigenvalue weighted by atomic mass is 19.1. The van der Waals surface area contributed by atoms with Crippen LogP contribution in [0.15, 0.2) is 66.7 Å². The number of nitrogens with one attached hydrogen (secondary N) is 2. The van der Waals surface area contributed by atoms with Gasteiger partial charge in [0.25, 0.3) is 11.8 Å². The van der Waals surface area contributed by atoms with Crippen LogP contribution in [0.25, 0.3) is 11.1 Å². The van der Waals surface area contributed by atoms with Crippen LogP contribution >= 0.6 is 0 Å². The molecular weight excluding hydrogens is 473 g/mol. The molecule has 1 saturated heterocycles. The summed E-state index contributed by atoms with van der Waals surface area (Å²) in [5.41, 5.74) is 3.35. The summed E-state index contributed by atoms with van der Waals surface area (Å²) in [6.07, 6.45) is 0.317. The topological polar surface area (TPSA) is 95.6 Å². The maximum absolute atomic E-state index is 15.2. The summed E-state index contributed by atoms with van der Waals surface area (Å²) in [7, 11) is 0. The van der Waals surface area contributed by atoms with Crippen molar-refractivity contribution in [1.82, 2.24) is 15.5 Å². The molecule has 0 radical (unpaired) electrons. The number of piperidine rings is 1. The minimum absolute atomic E-state index is 0.0765. The van der Waals surface area contributed by atoms with E-state index in [0.29, 0.717) is 5.56 Å². The van der Waals surface area contributed by atoms with E-state index < -0.39 is 29.6 Å². The van der Waals surface area contributed by atoms with Crippen molar-refractivity contribution >= 4 is 23.6 Å². The first-order chi connectivity index (χ1) is 17.9. The number of nitrogens with zero attached hydrogens (tertiary/aromatic N) is 1. The van der Waals surface area contributed by atoms with Crippen LogP contribution in [0.1, 0.15) is 39.9 Å². The summed E-state index contributed by atoms with van der Waals surface area (Å²) in [5, 5.41) is 4.80. The van der Waals surface area contributed by atoms with Crippen LogP contribution in [0.4, 0.5) is 4.39 Å². The minimum atomic E-state index is -0.822. The lowest BCUT2D eigenvalue weighted by Gasteiger charge is -2.29. The molecule has 37 heavy (non-hydrogen) atoms. The van der Waals surface area contributed by atoms with Gasteiger partial charge in [-0.15, -0.1) is 0 Å².